The highest BCUT2D eigenvalue weighted by molar-refractivity contribution is 6.17. The zero-order valence-corrected chi connectivity index (χ0v) is 10.2. The molecule has 2 heteroatoms. The molecule has 1 nitrogen and oxygen atoms in total. The second-order valence-electron chi connectivity index (χ2n) is 5.10. The van der Waals surface area contributed by atoms with Crippen LogP contribution in [0.3, 0.4) is 0 Å². The van der Waals surface area contributed by atoms with Gasteiger partial charge in [-0.15, -0.1) is 11.6 Å². The monoisotopic (exact) mass is 223 g/mol. The number of para-hydroxylation sites is 1. The van der Waals surface area contributed by atoms with Gasteiger partial charge in [0.05, 0.1) is 0 Å². The van der Waals surface area contributed by atoms with E-state index in [-0.39, 0.29) is 0 Å². The van der Waals surface area contributed by atoms with Crippen LogP contribution in [0.5, 0.6) is 0 Å². The molecule has 15 heavy (non-hydrogen) atoms. The van der Waals surface area contributed by atoms with Gasteiger partial charge in [-0.1, -0.05) is 32.0 Å². The lowest BCUT2D eigenvalue weighted by molar-refractivity contribution is 0.418. The van der Waals surface area contributed by atoms with E-state index in [4.69, 9.17) is 11.6 Å². The number of alkyl halides is 1. The van der Waals surface area contributed by atoms with E-state index in [1.54, 1.807) is 0 Å². The van der Waals surface area contributed by atoms with Gasteiger partial charge in [0.15, 0.2) is 0 Å². The normalized spacial score (nSPS) is 19.5. The average molecular weight is 224 g/mol. The minimum atomic E-state index is 0.444. The Balaban J connectivity index is 2.23. The molecule has 1 aromatic carbocycles. The average Bonchev–Trinajstić information content (AvgIpc) is 2.59. The van der Waals surface area contributed by atoms with Gasteiger partial charge in [0.25, 0.3) is 0 Å². The number of nitrogens with zero attached hydrogens (tertiary/aromatic N) is 1. The summed E-state index contributed by atoms with van der Waals surface area (Å²) in [7, 11) is 0. The molecule has 0 radical (unpaired) electrons. The van der Waals surface area contributed by atoms with E-state index in [1.165, 1.54) is 17.7 Å². The summed E-state index contributed by atoms with van der Waals surface area (Å²) in [6, 6.07) is 8.45. The van der Waals surface area contributed by atoms with E-state index >= 15 is 0 Å². The molecule has 1 aromatic rings. The first-order valence-electron chi connectivity index (χ1n) is 5.51. The highest BCUT2D eigenvalue weighted by atomic mass is 35.5. The van der Waals surface area contributed by atoms with E-state index in [9.17, 15) is 0 Å². The summed E-state index contributed by atoms with van der Waals surface area (Å²) in [5.74, 6) is 0.604. The Bertz CT molecular complexity index is 346. The second-order valence-corrected chi connectivity index (χ2v) is 5.37. The number of benzene rings is 1. The van der Waals surface area contributed by atoms with Crippen LogP contribution >= 0.6 is 11.6 Å². The Morgan fingerprint density at radius 3 is 2.67 bits per heavy atom. The third-order valence-corrected chi connectivity index (χ3v) is 3.44. The maximum Gasteiger partial charge on any atom is 0.0494 e. The summed E-state index contributed by atoms with van der Waals surface area (Å²) < 4.78 is 0. The van der Waals surface area contributed by atoms with Gasteiger partial charge >= 0.3 is 0 Å². The van der Waals surface area contributed by atoms with Crippen LogP contribution in [0.4, 0.5) is 5.69 Å². The van der Waals surface area contributed by atoms with Crippen LogP contribution in [0, 0.1) is 5.41 Å². The summed E-state index contributed by atoms with van der Waals surface area (Å²) in [6.07, 6.45) is 1.27. The molecule has 1 aliphatic heterocycles. The zero-order valence-electron chi connectivity index (χ0n) is 9.46. The maximum absolute atomic E-state index is 5.95. The van der Waals surface area contributed by atoms with Crippen molar-refractivity contribution in [3.05, 3.63) is 29.8 Å². The number of rotatable bonds is 2. The van der Waals surface area contributed by atoms with Gasteiger partial charge in [0, 0.05) is 24.7 Å². The molecule has 0 bridgehead atoms. The Morgan fingerprint density at radius 2 is 2.07 bits per heavy atom. The standard InChI is InChI=1S/C13H18ClN/c1-13(2)7-8-15(10-13)12-6-4-3-5-11(12)9-14/h3-6H,7-10H2,1-2H3. The van der Waals surface area contributed by atoms with Crippen LogP contribution in [-0.4, -0.2) is 13.1 Å². The van der Waals surface area contributed by atoms with Gasteiger partial charge in [0.2, 0.25) is 0 Å². The fourth-order valence-electron chi connectivity index (χ4n) is 2.25. The van der Waals surface area contributed by atoms with E-state index in [2.05, 4.69) is 43.0 Å². The molecular formula is C13H18ClN. The van der Waals surface area contributed by atoms with Gasteiger partial charge in [0.1, 0.15) is 0 Å². The molecule has 0 unspecified atom stereocenters. The lowest BCUT2D eigenvalue weighted by atomic mass is 9.93. The molecule has 0 aliphatic carbocycles. The first kappa shape index (κ1) is 10.8. The van der Waals surface area contributed by atoms with Crippen LogP contribution in [0.25, 0.3) is 0 Å². The summed E-state index contributed by atoms with van der Waals surface area (Å²) >= 11 is 5.95. The molecule has 1 saturated heterocycles. The van der Waals surface area contributed by atoms with E-state index in [0.29, 0.717) is 11.3 Å². The Labute approximate surface area is 97.0 Å². The van der Waals surface area contributed by atoms with Gasteiger partial charge in [-0.2, -0.15) is 0 Å². The highest BCUT2D eigenvalue weighted by Gasteiger charge is 2.29. The summed E-state index contributed by atoms with van der Waals surface area (Å²) in [4.78, 5) is 2.46. The van der Waals surface area contributed by atoms with Crippen LogP contribution in [0.15, 0.2) is 24.3 Å². The molecule has 0 aromatic heterocycles. The third kappa shape index (κ3) is 2.28. The number of halogens is 1. The van der Waals surface area contributed by atoms with Crippen molar-refractivity contribution in [2.45, 2.75) is 26.1 Å². The molecule has 0 spiro atoms. The lowest BCUT2D eigenvalue weighted by Crippen LogP contribution is -2.23. The predicted molar refractivity (Wildman–Crippen MR) is 66.6 cm³/mol. The second kappa shape index (κ2) is 4.05. The number of anilines is 1. The quantitative estimate of drug-likeness (QED) is 0.692. The topological polar surface area (TPSA) is 3.24 Å². The molecule has 0 saturated carbocycles. The van der Waals surface area contributed by atoms with Crippen molar-refractivity contribution in [3.8, 4) is 0 Å². The smallest absolute Gasteiger partial charge is 0.0494 e. The molecule has 0 N–H and O–H groups in total. The third-order valence-electron chi connectivity index (χ3n) is 3.15. The molecule has 1 heterocycles. The summed E-state index contributed by atoms with van der Waals surface area (Å²) in [5, 5.41) is 0. The van der Waals surface area contributed by atoms with Crippen molar-refractivity contribution in [1.29, 1.82) is 0 Å². The Morgan fingerprint density at radius 1 is 1.33 bits per heavy atom. The van der Waals surface area contributed by atoms with E-state index in [1.807, 2.05) is 0 Å². The SMILES string of the molecule is CC1(C)CCN(c2ccccc2CCl)C1. The van der Waals surface area contributed by atoms with Gasteiger partial charge in [-0.3, -0.25) is 0 Å². The maximum atomic E-state index is 5.95. The van der Waals surface area contributed by atoms with Crippen LogP contribution in [0.1, 0.15) is 25.8 Å². The van der Waals surface area contributed by atoms with Crippen molar-refractivity contribution in [2.75, 3.05) is 18.0 Å². The summed E-state index contributed by atoms with van der Waals surface area (Å²) in [5.41, 5.74) is 3.01. The number of hydrogen-bond donors (Lipinski definition) is 0. The molecule has 0 amide bonds. The van der Waals surface area contributed by atoms with E-state index in [0.717, 1.165) is 13.1 Å². The number of hydrogen-bond acceptors (Lipinski definition) is 1. The zero-order chi connectivity index (χ0) is 10.9. The molecule has 0 atom stereocenters. The van der Waals surface area contributed by atoms with Crippen LogP contribution in [0.2, 0.25) is 0 Å². The Hall–Kier alpha value is -0.690. The fraction of sp³-hybridized carbons (Fsp3) is 0.538. The molecule has 1 aliphatic rings. The predicted octanol–water partition coefficient (Wildman–Crippen LogP) is 3.66. The molecule has 1 fully saturated rings. The highest BCUT2D eigenvalue weighted by Crippen LogP contribution is 2.34. The largest absolute Gasteiger partial charge is 0.371 e. The van der Waals surface area contributed by atoms with Crippen LogP contribution in [-0.2, 0) is 5.88 Å². The van der Waals surface area contributed by atoms with Crippen molar-refractivity contribution in [1.82, 2.24) is 0 Å². The van der Waals surface area contributed by atoms with Crippen LogP contribution < -0.4 is 4.90 Å². The Kier molecular flexibility index (Phi) is 2.92. The first-order valence-corrected chi connectivity index (χ1v) is 6.05. The van der Waals surface area contributed by atoms with Crippen molar-refractivity contribution in [2.24, 2.45) is 5.41 Å². The van der Waals surface area contributed by atoms with Gasteiger partial charge < -0.3 is 4.90 Å². The summed E-state index contributed by atoms with van der Waals surface area (Å²) in [6.45, 7) is 6.95. The fourth-order valence-corrected chi connectivity index (χ4v) is 2.48. The van der Waals surface area contributed by atoms with Crippen molar-refractivity contribution < 1.29 is 0 Å². The lowest BCUT2D eigenvalue weighted by Gasteiger charge is -2.23. The minimum absolute atomic E-state index is 0.444. The van der Waals surface area contributed by atoms with Gasteiger partial charge in [-0.25, -0.2) is 0 Å². The molecule has 82 valence electrons. The van der Waals surface area contributed by atoms with Gasteiger partial charge in [-0.05, 0) is 23.5 Å². The molecule has 2 rings (SSSR count). The minimum Gasteiger partial charge on any atom is -0.371 e. The van der Waals surface area contributed by atoms with Crippen molar-refractivity contribution >= 4 is 17.3 Å². The van der Waals surface area contributed by atoms with Crippen molar-refractivity contribution in [3.63, 3.8) is 0 Å². The van der Waals surface area contributed by atoms with E-state index < -0.39 is 0 Å². The first-order chi connectivity index (χ1) is 7.12. The molecular weight excluding hydrogens is 206 g/mol.